The molecule has 2 aromatic carbocycles. The van der Waals surface area contributed by atoms with Gasteiger partial charge in [0.15, 0.2) is 11.5 Å². The van der Waals surface area contributed by atoms with Crippen LogP contribution in [0.3, 0.4) is 0 Å². The Morgan fingerprint density at radius 2 is 1.76 bits per heavy atom. The van der Waals surface area contributed by atoms with Crippen molar-refractivity contribution in [1.82, 2.24) is 24.8 Å². The average molecular weight is 575 g/mol. The van der Waals surface area contributed by atoms with Crippen LogP contribution < -0.4 is 11.1 Å². The fraction of sp³-hybridized carbons (Fsp3) is 0.387. The van der Waals surface area contributed by atoms with Crippen molar-refractivity contribution in [2.75, 3.05) is 32.9 Å². The molecule has 0 bridgehead atoms. The predicted molar refractivity (Wildman–Crippen MR) is 157 cm³/mol. The lowest BCUT2D eigenvalue weighted by Crippen LogP contribution is -2.51. The number of pyridine rings is 1. The Labute approximate surface area is 245 Å². The van der Waals surface area contributed by atoms with E-state index in [1.807, 2.05) is 63.9 Å². The predicted octanol–water partition coefficient (Wildman–Crippen LogP) is 2.63. The van der Waals surface area contributed by atoms with Gasteiger partial charge >= 0.3 is 0 Å². The summed E-state index contributed by atoms with van der Waals surface area (Å²) in [6.45, 7) is 6.07. The van der Waals surface area contributed by atoms with Crippen molar-refractivity contribution in [2.45, 2.75) is 45.1 Å². The van der Waals surface area contributed by atoms with Crippen molar-refractivity contribution >= 4 is 11.6 Å². The van der Waals surface area contributed by atoms with E-state index in [0.717, 1.165) is 16.7 Å². The highest BCUT2D eigenvalue weighted by Gasteiger charge is 2.29. The summed E-state index contributed by atoms with van der Waals surface area (Å²) in [7, 11) is 0. The second-order valence-corrected chi connectivity index (χ2v) is 10.8. The lowest BCUT2D eigenvalue weighted by molar-refractivity contribution is -0.215. The van der Waals surface area contributed by atoms with E-state index in [1.54, 1.807) is 13.8 Å². The normalized spacial score (nSPS) is 15.9. The molecule has 0 radical (unpaired) electrons. The maximum absolute atomic E-state index is 13.0. The number of nitrogens with two attached hydrogens (primary N) is 1. The van der Waals surface area contributed by atoms with Crippen molar-refractivity contribution in [3.8, 4) is 11.1 Å². The van der Waals surface area contributed by atoms with Gasteiger partial charge in [-0.05, 0) is 42.7 Å². The molecule has 42 heavy (non-hydrogen) atoms. The molecule has 0 aliphatic carbocycles. The van der Waals surface area contributed by atoms with Crippen LogP contribution >= 0.6 is 0 Å². The van der Waals surface area contributed by atoms with E-state index >= 15 is 0 Å². The maximum Gasteiger partial charge on any atom is 0.240 e. The number of ether oxygens (including phenoxy) is 3. The number of aliphatic hydroxyl groups excluding tert-OH is 1. The second kappa shape index (κ2) is 13.5. The zero-order valence-corrected chi connectivity index (χ0v) is 24.0. The Morgan fingerprint density at radius 1 is 1.02 bits per heavy atom. The second-order valence-electron chi connectivity index (χ2n) is 10.8. The standard InChI is InChI=1S/C31H38N6O5/c1-31(2,32)29(38)33-26(21-41-19-23-11-6-7-13-25(23)22-9-4-3-5-10-22)28-35-34-27-14-8-12-24(37(27)28)20-42-30(39)36-15-17-40-18-16-36/h3-14,26,30,39H,15-21,32H2,1-2H3,(H,33,38)/t26-,30?/m1/s1. The Morgan fingerprint density at radius 3 is 2.52 bits per heavy atom. The number of nitrogens with zero attached hydrogens (tertiary/aromatic N) is 4. The molecule has 0 spiro atoms. The lowest BCUT2D eigenvalue weighted by atomic mass is 10.0. The van der Waals surface area contributed by atoms with Gasteiger partial charge in [0.2, 0.25) is 12.3 Å². The average Bonchev–Trinajstić information content (AvgIpc) is 3.45. The third-order valence-electron chi connectivity index (χ3n) is 7.12. The number of benzene rings is 2. The van der Waals surface area contributed by atoms with Gasteiger partial charge in [-0.1, -0.05) is 60.7 Å². The molecule has 1 aliphatic heterocycles. The number of hydrogen-bond acceptors (Lipinski definition) is 9. The molecule has 2 atom stereocenters. The molecule has 1 saturated heterocycles. The fourth-order valence-electron chi connectivity index (χ4n) is 4.79. The minimum atomic E-state index is -1.12. The summed E-state index contributed by atoms with van der Waals surface area (Å²) in [5.74, 6) is 0.119. The number of carbonyl (C=O) groups is 1. The number of hydrogen-bond donors (Lipinski definition) is 3. The van der Waals surface area contributed by atoms with Gasteiger partial charge in [0.25, 0.3) is 0 Å². The first-order chi connectivity index (χ1) is 20.3. The molecular formula is C31H38N6O5. The largest absolute Gasteiger partial charge is 0.379 e. The van der Waals surface area contributed by atoms with Crippen LogP contribution in [0.1, 0.15) is 37.0 Å². The summed E-state index contributed by atoms with van der Waals surface area (Å²) in [5, 5.41) is 22.4. The summed E-state index contributed by atoms with van der Waals surface area (Å²) in [5.41, 5.74) is 9.48. The van der Waals surface area contributed by atoms with Crippen LogP contribution in [-0.2, 0) is 32.2 Å². The van der Waals surface area contributed by atoms with Crippen LogP contribution in [0.15, 0.2) is 72.8 Å². The van der Waals surface area contributed by atoms with E-state index in [2.05, 4.69) is 33.7 Å². The van der Waals surface area contributed by atoms with Crippen molar-refractivity contribution in [2.24, 2.45) is 5.73 Å². The van der Waals surface area contributed by atoms with Gasteiger partial charge in [0.1, 0.15) is 6.04 Å². The van der Waals surface area contributed by atoms with Crippen molar-refractivity contribution in [1.29, 1.82) is 0 Å². The van der Waals surface area contributed by atoms with Crippen LogP contribution in [0.5, 0.6) is 0 Å². The quantitative estimate of drug-likeness (QED) is 0.218. The van der Waals surface area contributed by atoms with Gasteiger partial charge in [-0.25, -0.2) is 0 Å². The van der Waals surface area contributed by atoms with Gasteiger partial charge in [0.05, 0.1) is 44.3 Å². The van der Waals surface area contributed by atoms with Gasteiger partial charge in [-0.15, -0.1) is 10.2 Å². The van der Waals surface area contributed by atoms with Crippen LogP contribution in [0.2, 0.25) is 0 Å². The zero-order chi connectivity index (χ0) is 29.5. The Balaban J connectivity index is 1.37. The van der Waals surface area contributed by atoms with Crippen LogP contribution in [0.4, 0.5) is 0 Å². The van der Waals surface area contributed by atoms with Gasteiger partial charge in [0, 0.05) is 13.1 Å². The number of carbonyl (C=O) groups excluding carboxylic acids is 1. The summed E-state index contributed by atoms with van der Waals surface area (Å²) >= 11 is 0. The van der Waals surface area contributed by atoms with Crippen LogP contribution in [0, 0.1) is 0 Å². The minimum absolute atomic E-state index is 0.0925. The third kappa shape index (κ3) is 7.19. The van der Waals surface area contributed by atoms with E-state index in [1.165, 1.54) is 0 Å². The fourth-order valence-corrected chi connectivity index (χ4v) is 4.79. The first-order valence-corrected chi connectivity index (χ1v) is 14.1. The Hall–Kier alpha value is -3.71. The smallest absolute Gasteiger partial charge is 0.240 e. The number of nitrogens with one attached hydrogen (secondary N) is 1. The number of fused-ring (bicyclic) bond motifs is 1. The molecule has 4 N–H and O–H groups in total. The van der Waals surface area contributed by atoms with Crippen LogP contribution in [0.25, 0.3) is 16.8 Å². The minimum Gasteiger partial charge on any atom is -0.379 e. The first-order valence-electron chi connectivity index (χ1n) is 14.1. The number of amides is 1. The molecule has 5 rings (SSSR count). The summed E-state index contributed by atoms with van der Waals surface area (Å²) in [6, 6.07) is 23.1. The monoisotopic (exact) mass is 574 g/mol. The van der Waals surface area contributed by atoms with Gasteiger partial charge in [-0.2, -0.15) is 0 Å². The summed E-state index contributed by atoms with van der Waals surface area (Å²) in [4.78, 5) is 14.8. The van der Waals surface area contributed by atoms with E-state index < -0.39 is 18.0 Å². The van der Waals surface area contributed by atoms with E-state index in [0.29, 0.717) is 50.1 Å². The van der Waals surface area contributed by atoms with Gasteiger partial charge in [-0.3, -0.25) is 14.1 Å². The molecule has 3 heterocycles. The SMILES string of the molecule is CC(C)(N)C(=O)N[C@H](COCc1ccccc1-c1ccccc1)c1nnc2cccc(COC(O)N3CCOCC3)n12. The van der Waals surface area contributed by atoms with Gasteiger partial charge < -0.3 is 30.4 Å². The first kappa shape index (κ1) is 29.8. The van der Waals surface area contributed by atoms with Crippen molar-refractivity contribution < 1.29 is 24.1 Å². The Kier molecular flexibility index (Phi) is 9.58. The molecule has 0 saturated carbocycles. The van der Waals surface area contributed by atoms with Crippen molar-refractivity contribution in [3.63, 3.8) is 0 Å². The molecule has 222 valence electrons. The topological polar surface area (TPSA) is 136 Å². The molecule has 1 aliphatic rings. The summed E-state index contributed by atoms with van der Waals surface area (Å²) < 4.78 is 19.2. The highest BCUT2D eigenvalue weighted by Crippen LogP contribution is 2.25. The van der Waals surface area contributed by atoms with E-state index in [4.69, 9.17) is 19.9 Å². The molecule has 1 fully saturated rings. The van der Waals surface area contributed by atoms with E-state index in [-0.39, 0.29) is 19.1 Å². The third-order valence-corrected chi connectivity index (χ3v) is 7.12. The zero-order valence-electron chi connectivity index (χ0n) is 24.0. The number of morpholine rings is 1. The van der Waals surface area contributed by atoms with Crippen molar-refractivity contribution in [3.05, 3.63) is 89.9 Å². The van der Waals surface area contributed by atoms with E-state index in [9.17, 15) is 9.90 Å². The lowest BCUT2D eigenvalue weighted by Gasteiger charge is -2.30. The van der Waals surface area contributed by atoms with Crippen LogP contribution in [-0.4, -0.2) is 75.4 Å². The molecule has 4 aromatic rings. The molecule has 1 amide bonds. The number of aliphatic hydroxyl groups is 1. The highest BCUT2D eigenvalue weighted by atomic mass is 16.6. The molecule has 11 nitrogen and oxygen atoms in total. The molecule has 1 unspecified atom stereocenters. The number of rotatable bonds is 12. The molecular weight excluding hydrogens is 536 g/mol. The molecule has 11 heteroatoms. The Bertz CT molecular complexity index is 1470. The number of aromatic nitrogens is 3. The highest BCUT2D eigenvalue weighted by molar-refractivity contribution is 5.85. The molecule has 2 aromatic heterocycles. The summed E-state index contributed by atoms with van der Waals surface area (Å²) in [6.07, 6.45) is -1.08. The maximum atomic E-state index is 13.0.